The van der Waals surface area contributed by atoms with E-state index >= 15 is 0 Å². The summed E-state index contributed by atoms with van der Waals surface area (Å²) in [6, 6.07) is 16.4. The third kappa shape index (κ3) is 6.55. The second-order valence-corrected chi connectivity index (χ2v) is 6.72. The van der Waals surface area contributed by atoms with Crippen molar-refractivity contribution < 1.29 is 4.79 Å². The molecule has 0 spiro atoms. The summed E-state index contributed by atoms with van der Waals surface area (Å²) < 4.78 is 0. The Hall–Kier alpha value is -2.88. The molecule has 0 unspecified atom stereocenters. The van der Waals surface area contributed by atoms with Gasteiger partial charge in [0.25, 0.3) is 5.91 Å². The lowest BCUT2D eigenvalue weighted by Crippen LogP contribution is -2.25. The lowest BCUT2D eigenvalue weighted by atomic mass is 10.0. The predicted octanol–water partition coefficient (Wildman–Crippen LogP) is 4.74. The Labute approximate surface area is 156 Å². The number of nitrogens with one attached hydrogen (secondary N) is 2. The number of anilines is 1. The molecular weight excluding hydrogens is 322 g/mol. The van der Waals surface area contributed by atoms with Gasteiger partial charge in [0.2, 0.25) is 0 Å². The number of hydrogen-bond donors (Lipinski definition) is 2. The monoisotopic (exact) mass is 349 g/mol. The second kappa shape index (κ2) is 9.56. The van der Waals surface area contributed by atoms with E-state index in [2.05, 4.69) is 54.0 Å². The van der Waals surface area contributed by atoms with Crippen molar-refractivity contribution in [3.8, 4) is 0 Å². The van der Waals surface area contributed by atoms with Crippen LogP contribution in [0.5, 0.6) is 0 Å². The lowest BCUT2D eigenvalue weighted by Gasteiger charge is -2.05. The number of amides is 1. The summed E-state index contributed by atoms with van der Waals surface area (Å²) in [7, 11) is 0. The van der Waals surface area contributed by atoms with Crippen LogP contribution in [0.2, 0.25) is 0 Å². The predicted molar refractivity (Wildman–Crippen MR) is 110 cm³/mol. The maximum Gasteiger partial charge on any atom is 0.259 e. The van der Waals surface area contributed by atoms with Crippen molar-refractivity contribution in [1.29, 1.82) is 0 Å². The molecule has 2 aromatic carbocycles. The fraction of sp³-hybridized carbons (Fsp3) is 0.273. The first-order valence-corrected chi connectivity index (χ1v) is 8.85. The highest BCUT2D eigenvalue weighted by molar-refractivity contribution is 5.87. The van der Waals surface area contributed by atoms with Crippen LogP contribution in [0.1, 0.15) is 43.4 Å². The normalized spacial score (nSPS) is 11.8. The number of nitrogens with zero attached hydrogens (tertiary/aromatic N) is 1. The molecule has 0 aliphatic carbocycles. The van der Waals surface area contributed by atoms with Crippen LogP contribution in [0.3, 0.4) is 0 Å². The molecule has 0 fully saturated rings. The molecule has 0 saturated carbocycles. The van der Waals surface area contributed by atoms with Crippen molar-refractivity contribution >= 4 is 23.9 Å². The minimum atomic E-state index is -0.184. The quantitative estimate of drug-likeness (QED) is 0.560. The van der Waals surface area contributed by atoms with Crippen molar-refractivity contribution in [2.75, 3.05) is 11.9 Å². The van der Waals surface area contributed by atoms with Crippen molar-refractivity contribution in [1.82, 2.24) is 5.43 Å². The van der Waals surface area contributed by atoms with Crippen molar-refractivity contribution in [2.24, 2.45) is 5.10 Å². The van der Waals surface area contributed by atoms with Crippen LogP contribution < -0.4 is 10.7 Å². The van der Waals surface area contributed by atoms with Gasteiger partial charge in [0.05, 0.1) is 12.8 Å². The maximum atomic E-state index is 11.8. The molecule has 0 radical (unpaired) electrons. The van der Waals surface area contributed by atoms with Gasteiger partial charge in [-0.25, -0.2) is 5.43 Å². The van der Waals surface area contributed by atoms with Crippen LogP contribution in [-0.4, -0.2) is 18.7 Å². The van der Waals surface area contributed by atoms with Gasteiger partial charge in [-0.1, -0.05) is 61.9 Å². The Kier molecular flexibility index (Phi) is 7.15. The highest BCUT2D eigenvalue weighted by Crippen LogP contribution is 2.16. The van der Waals surface area contributed by atoms with E-state index in [-0.39, 0.29) is 12.5 Å². The SMILES string of the molecule is CC(C=NNC(=O)CNc1ccc(C)cc1)=Cc1ccc(C(C)C)cc1. The fourth-order valence-electron chi connectivity index (χ4n) is 2.38. The van der Waals surface area contributed by atoms with Gasteiger partial charge in [-0.15, -0.1) is 0 Å². The molecular formula is C22H27N3O. The van der Waals surface area contributed by atoms with E-state index in [1.54, 1.807) is 6.21 Å². The number of hydrogen-bond acceptors (Lipinski definition) is 3. The minimum absolute atomic E-state index is 0.180. The number of carbonyl (C=O) groups excluding carboxylic acids is 1. The molecule has 2 N–H and O–H groups in total. The zero-order valence-electron chi connectivity index (χ0n) is 15.9. The standard InChI is InChI=1S/C22H27N3O/c1-16(2)20-9-7-19(8-10-20)13-18(4)14-24-25-22(26)15-23-21-11-5-17(3)6-12-21/h5-14,16,23H,15H2,1-4H3,(H,25,26). The Morgan fingerprint density at radius 1 is 1.08 bits per heavy atom. The van der Waals surface area contributed by atoms with E-state index in [1.165, 1.54) is 11.1 Å². The van der Waals surface area contributed by atoms with Crippen LogP contribution in [0.15, 0.2) is 59.2 Å². The summed E-state index contributed by atoms with van der Waals surface area (Å²) in [5.74, 6) is 0.343. The van der Waals surface area contributed by atoms with Crippen molar-refractivity contribution in [3.63, 3.8) is 0 Å². The average molecular weight is 349 g/mol. The van der Waals surface area contributed by atoms with Gasteiger partial charge in [0, 0.05) is 5.69 Å². The van der Waals surface area contributed by atoms with Gasteiger partial charge in [-0.05, 0) is 48.6 Å². The summed E-state index contributed by atoms with van der Waals surface area (Å²) in [5, 5.41) is 7.07. The van der Waals surface area contributed by atoms with E-state index in [1.807, 2.05) is 44.2 Å². The average Bonchev–Trinajstić information content (AvgIpc) is 2.61. The Morgan fingerprint density at radius 2 is 1.73 bits per heavy atom. The Bertz CT molecular complexity index is 772. The second-order valence-electron chi connectivity index (χ2n) is 6.72. The molecule has 2 rings (SSSR count). The molecule has 0 aliphatic rings. The molecule has 136 valence electrons. The highest BCUT2D eigenvalue weighted by atomic mass is 16.2. The number of aryl methyl sites for hydroxylation is 1. The maximum absolute atomic E-state index is 11.8. The lowest BCUT2D eigenvalue weighted by molar-refractivity contribution is -0.119. The summed E-state index contributed by atoms with van der Waals surface area (Å²) in [6.45, 7) is 8.52. The smallest absolute Gasteiger partial charge is 0.259 e. The van der Waals surface area contributed by atoms with Crippen LogP contribution >= 0.6 is 0 Å². The van der Waals surface area contributed by atoms with Gasteiger partial charge < -0.3 is 5.32 Å². The molecule has 0 saturated heterocycles. The molecule has 26 heavy (non-hydrogen) atoms. The van der Waals surface area contributed by atoms with Crippen LogP contribution in [0.4, 0.5) is 5.69 Å². The number of benzene rings is 2. The molecule has 0 atom stereocenters. The van der Waals surface area contributed by atoms with Crippen LogP contribution in [0, 0.1) is 6.92 Å². The number of rotatable bonds is 7. The van der Waals surface area contributed by atoms with Crippen LogP contribution in [0.25, 0.3) is 6.08 Å². The molecule has 0 bridgehead atoms. The van der Waals surface area contributed by atoms with Gasteiger partial charge in [0.1, 0.15) is 0 Å². The van der Waals surface area contributed by atoms with Gasteiger partial charge in [0.15, 0.2) is 0 Å². The number of allylic oxidation sites excluding steroid dienone is 1. The van der Waals surface area contributed by atoms with Crippen LogP contribution in [-0.2, 0) is 4.79 Å². The van der Waals surface area contributed by atoms with Gasteiger partial charge >= 0.3 is 0 Å². The first-order valence-electron chi connectivity index (χ1n) is 8.85. The van der Waals surface area contributed by atoms with Crippen molar-refractivity contribution in [2.45, 2.75) is 33.6 Å². The number of hydrazone groups is 1. The highest BCUT2D eigenvalue weighted by Gasteiger charge is 2.00. The third-order valence-electron chi connectivity index (χ3n) is 3.96. The molecule has 2 aromatic rings. The molecule has 4 heteroatoms. The first kappa shape index (κ1) is 19.4. The zero-order chi connectivity index (χ0) is 18.9. The van der Waals surface area contributed by atoms with E-state index in [0.717, 1.165) is 16.8 Å². The third-order valence-corrected chi connectivity index (χ3v) is 3.96. The minimum Gasteiger partial charge on any atom is -0.376 e. The molecule has 4 nitrogen and oxygen atoms in total. The summed E-state index contributed by atoms with van der Waals surface area (Å²) in [6.07, 6.45) is 3.68. The first-order chi connectivity index (χ1) is 12.4. The Balaban J connectivity index is 1.80. The molecule has 1 amide bonds. The summed E-state index contributed by atoms with van der Waals surface area (Å²) >= 11 is 0. The zero-order valence-corrected chi connectivity index (χ0v) is 15.9. The van der Waals surface area contributed by atoms with E-state index in [4.69, 9.17) is 0 Å². The van der Waals surface area contributed by atoms with E-state index in [9.17, 15) is 4.79 Å². The van der Waals surface area contributed by atoms with Crippen molar-refractivity contribution in [3.05, 3.63) is 70.8 Å². The molecule has 0 aromatic heterocycles. The fourth-order valence-corrected chi connectivity index (χ4v) is 2.38. The topological polar surface area (TPSA) is 53.5 Å². The van der Waals surface area contributed by atoms with E-state index in [0.29, 0.717) is 5.92 Å². The largest absolute Gasteiger partial charge is 0.376 e. The van der Waals surface area contributed by atoms with E-state index < -0.39 is 0 Å². The van der Waals surface area contributed by atoms with Gasteiger partial charge in [-0.2, -0.15) is 5.10 Å². The Morgan fingerprint density at radius 3 is 2.35 bits per heavy atom. The number of carbonyl (C=O) groups is 1. The molecule has 0 aliphatic heterocycles. The summed E-state index contributed by atoms with van der Waals surface area (Å²) in [5.41, 5.74) is 8.03. The van der Waals surface area contributed by atoms with Gasteiger partial charge in [-0.3, -0.25) is 4.79 Å². The summed E-state index contributed by atoms with van der Waals surface area (Å²) in [4.78, 5) is 11.8. The molecule has 0 heterocycles.